The number of likely N-dealkylation sites (tertiary alicyclic amines) is 2. The van der Waals surface area contributed by atoms with Crippen molar-refractivity contribution in [3.05, 3.63) is 35.9 Å². The molecule has 0 unspecified atom stereocenters. The molecule has 2 fully saturated rings. The fourth-order valence-corrected chi connectivity index (χ4v) is 5.83. The van der Waals surface area contributed by atoms with E-state index in [1.54, 1.807) is 0 Å². The normalized spacial score (nSPS) is 20.9. The largest absolute Gasteiger partial charge is 0.345 e. The molecule has 5 N–H and O–H groups in total. The highest BCUT2D eigenvalue weighted by molar-refractivity contribution is 5.96. The molecular formula is C32H48N6O6. The predicted molar refractivity (Wildman–Crippen MR) is 165 cm³/mol. The van der Waals surface area contributed by atoms with Crippen molar-refractivity contribution in [3.63, 3.8) is 0 Å². The quantitative estimate of drug-likeness (QED) is 0.222. The molecule has 3 rings (SSSR count). The first-order chi connectivity index (χ1) is 21.0. The lowest BCUT2D eigenvalue weighted by Gasteiger charge is -2.32. The first kappa shape index (κ1) is 34.7. The second-order valence-corrected chi connectivity index (χ2v) is 12.2. The van der Waals surface area contributed by atoms with Crippen LogP contribution in [-0.4, -0.2) is 95.5 Å². The van der Waals surface area contributed by atoms with Crippen LogP contribution in [0.5, 0.6) is 0 Å². The number of nitrogens with one attached hydrogen (secondary N) is 3. The van der Waals surface area contributed by atoms with E-state index >= 15 is 0 Å². The van der Waals surface area contributed by atoms with Gasteiger partial charge in [-0.05, 0) is 43.1 Å². The molecule has 0 saturated carbocycles. The first-order valence-corrected chi connectivity index (χ1v) is 15.7. The Morgan fingerprint density at radius 3 is 2.14 bits per heavy atom. The van der Waals surface area contributed by atoms with Crippen molar-refractivity contribution in [1.29, 1.82) is 0 Å². The molecule has 2 heterocycles. The van der Waals surface area contributed by atoms with Gasteiger partial charge in [-0.1, -0.05) is 64.4 Å². The number of amides is 5. The number of carbonyl (C=O) groups is 6. The zero-order valence-electron chi connectivity index (χ0n) is 26.3. The van der Waals surface area contributed by atoms with Crippen LogP contribution in [0, 0.1) is 11.8 Å². The van der Waals surface area contributed by atoms with Crippen LogP contribution in [-0.2, 0) is 35.2 Å². The van der Waals surface area contributed by atoms with Crippen molar-refractivity contribution in [3.8, 4) is 0 Å². The summed E-state index contributed by atoms with van der Waals surface area (Å²) < 4.78 is 0. The van der Waals surface area contributed by atoms with E-state index < -0.39 is 47.9 Å². The second-order valence-electron chi connectivity index (χ2n) is 12.2. The zero-order valence-corrected chi connectivity index (χ0v) is 26.3. The minimum Gasteiger partial charge on any atom is -0.345 e. The molecule has 12 heteroatoms. The summed E-state index contributed by atoms with van der Waals surface area (Å²) in [5.41, 5.74) is 6.36. The number of nitrogens with zero attached hydrogens (tertiary/aromatic N) is 2. The molecule has 6 atom stereocenters. The molecule has 1 aromatic rings. The highest BCUT2D eigenvalue weighted by Crippen LogP contribution is 2.25. The second kappa shape index (κ2) is 16.3. The fraction of sp³-hybridized carbons (Fsp3) is 0.625. The van der Waals surface area contributed by atoms with Crippen LogP contribution < -0.4 is 21.7 Å². The Bertz CT molecular complexity index is 1180. The molecule has 0 spiro atoms. The minimum absolute atomic E-state index is 0.128. The Morgan fingerprint density at radius 1 is 0.909 bits per heavy atom. The SMILES string of the molecule is CC[C@H](C)[C@H](NC(=O)[C@H](Cc1ccccc1)NC(=O)[C@@H]1CCCN1C(=O)[C@@H]1CCCN1C(=O)CN)C(=O)N[C@H](C=O)C(C)C. The van der Waals surface area contributed by atoms with E-state index in [2.05, 4.69) is 16.0 Å². The third kappa shape index (κ3) is 8.64. The Balaban J connectivity index is 1.80. The Morgan fingerprint density at radius 2 is 1.55 bits per heavy atom. The highest BCUT2D eigenvalue weighted by Gasteiger charge is 2.42. The molecule has 2 saturated heterocycles. The van der Waals surface area contributed by atoms with E-state index in [1.807, 2.05) is 58.0 Å². The fourth-order valence-electron chi connectivity index (χ4n) is 5.83. The summed E-state index contributed by atoms with van der Waals surface area (Å²) in [7, 11) is 0. The van der Waals surface area contributed by atoms with Gasteiger partial charge in [0.15, 0.2) is 0 Å². The molecule has 0 bridgehead atoms. The number of hydrogen-bond acceptors (Lipinski definition) is 7. The van der Waals surface area contributed by atoms with Gasteiger partial charge in [0.2, 0.25) is 29.5 Å². The zero-order chi connectivity index (χ0) is 32.4. The van der Waals surface area contributed by atoms with Crippen LogP contribution in [0.25, 0.3) is 0 Å². The van der Waals surface area contributed by atoms with Crippen LogP contribution in [0.15, 0.2) is 30.3 Å². The molecule has 0 radical (unpaired) electrons. The summed E-state index contributed by atoms with van der Waals surface area (Å²) >= 11 is 0. The van der Waals surface area contributed by atoms with Crippen molar-refractivity contribution >= 4 is 35.8 Å². The van der Waals surface area contributed by atoms with E-state index in [9.17, 15) is 28.8 Å². The van der Waals surface area contributed by atoms with Crippen molar-refractivity contribution in [1.82, 2.24) is 25.8 Å². The lowest BCUT2D eigenvalue weighted by atomic mass is 9.96. The van der Waals surface area contributed by atoms with Crippen molar-refractivity contribution in [2.45, 2.75) is 96.4 Å². The summed E-state index contributed by atoms with van der Waals surface area (Å²) in [5.74, 6) is -2.43. The Kier molecular flexibility index (Phi) is 12.9. The Hall–Kier alpha value is -3.80. The van der Waals surface area contributed by atoms with Crippen LogP contribution in [0.2, 0.25) is 0 Å². The number of carbonyl (C=O) groups excluding carboxylic acids is 6. The number of rotatable bonds is 14. The standard InChI is InChI=1S/C32H48N6O6/c1-5-21(4)28(31(43)35-24(19-39)20(2)3)36-29(41)23(17-22-11-7-6-8-12-22)34-30(42)25-13-9-16-38(25)32(44)26-14-10-15-37(26)27(40)18-33/h6-8,11-12,19-21,23-26,28H,5,9-10,13-18,33H2,1-4H3,(H,34,42)(H,35,43)(H,36,41)/t21-,23-,24+,25-,26-,28-/m0/s1. The lowest BCUT2D eigenvalue weighted by molar-refractivity contribution is -0.146. The molecule has 1 aromatic carbocycles. The first-order valence-electron chi connectivity index (χ1n) is 15.7. The summed E-state index contributed by atoms with van der Waals surface area (Å²) in [6, 6.07) is 5.10. The number of benzene rings is 1. The Labute approximate surface area is 259 Å². The van der Waals surface area contributed by atoms with Crippen LogP contribution in [0.4, 0.5) is 0 Å². The molecular weight excluding hydrogens is 564 g/mol. The lowest BCUT2D eigenvalue weighted by Crippen LogP contribution is -2.60. The summed E-state index contributed by atoms with van der Waals surface area (Å²) in [6.07, 6.45) is 3.67. The molecule has 2 aliphatic heterocycles. The van der Waals surface area contributed by atoms with E-state index in [1.165, 1.54) is 9.80 Å². The smallest absolute Gasteiger partial charge is 0.246 e. The summed E-state index contributed by atoms with van der Waals surface area (Å²) in [6.45, 7) is 8.01. The van der Waals surface area contributed by atoms with Gasteiger partial charge in [-0.3, -0.25) is 24.0 Å². The van der Waals surface area contributed by atoms with Gasteiger partial charge >= 0.3 is 0 Å². The molecule has 2 aliphatic rings. The molecule has 44 heavy (non-hydrogen) atoms. The number of hydrogen-bond donors (Lipinski definition) is 4. The maximum absolute atomic E-state index is 13.8. The monoisotopic (exact) mass is 612 g/mol. The maximum Gasteiger partial charge on any atom is 0.246 e. The summed E-state index contributed by atoms with van der Waals surface area (Å²) in [4.78, 5) is 81.2. The molecule has 0 aromatic heterocycles. The van der Waals surface area contributed by atoms with Gasteiger partial charge in [0, 0.05) is 19.5 Å². The van der Waals surface area contributed by atoms with Gasteiger partial charge in [-0.15, -0.1) is 0 Å². The van der Waals surface area contributed by atoms with E-state index in [0.29, 0.717) is 51.5 Å². The van der Waals surface area contributed by atoms with E-state index in [0.717, 1.165) is 5.56 Å². The van der Waals surface area contributed by atoms with Crippen LogP contribution in [0.1, 0.15) is 65.4 Å². The molecule has 242 valence electrons. The van der Waals surface area contributed by atoms with Crippen molar-refractivity contribution < 1.29 is 28.8 Å². The third-order valence-corrected chi connectivity index (χ3v) is 8.75. The van der Waals surface area contributed by atoms with Crippen molar-refractivity contribution in [2.24, 2.45) is 17.6 Å². The van der Waals surface area contributed by atoms with Crippen LogP contribution in [0.3, 0.4) is 0 Å². The van der Waals surface area contributed by atoms with Gasteiger partial charge in [-0.25, -0.2) is 0 Å². The van der Waals surface area contributed by atoms with Gasteiger partial charge in [0.05, 0.1) is 12.6 Å². The average molecular weight is 613 g/mol. The van der Waals surface area contributed by atoms with Crippen molar-refractivity contribution in [2.75, 3.05) is 19.6 Å². The van der Waals surface area contributed by atoms with Gasteiger partial charge in [0.1, 0.15) is 30.5 Å². The van der Waals surface area contributed by atoms with Gasteiger partial charge < -0.3 is 36.3 Å². The maximum atomic E-state index is 13.8. The van der Waals surface area contributed by atoms with Crippen LogP contribution >= 0.6 is 0 Å². The van der Waals surface area contributed by atoms with Gasteiger partial charge in [0.25, 0.3) is 0 Å². The third-order valence-electron chi connectivity index (χ3n) is 8.75. The summed E-state index contributed by atoms with van der Waals surface area (Å²) in [5, 5.41) is 8.44. The topological polar surface area (TPSA) is 171 Å². The molecule has 5 amide bonds. The molecule has 12 nitrogen and oxygen atoms in total. The van der Waals surface area contributed by atoms with E-state index in [4.69, 9.17) is 5.73 Å². The van der Waals surface area contributed by atoms with Gasteiger partial charge in [-0.2, -0.15) is 0 Å². The van der Waals surface area contributed by atoms with E-state index in [-0.39, 0.29) is 36.6 Å². The average Bonchev–Trinajstić information content (AvgIpc) is 3.72. The predicted octanol–water partition coefficient (Wildman–Crippen LogP) is 0.525. The number of nitrogens with two attached hydrogens (primary N) is 1. The highest BCUT2D eigenvalue weighted by atomic mass is 16.2. The molecule has 0 aliphatic carbocycles. The minimum atomic E-state index is -1.03. The number of aldehydes is 1.